The highest BCUT2D eigenvalue weighted by atomic mass is 19.4. The number of benzene rings is 3. The largest absolute Gasteiger partial charge is 0.435 e. The number of nitrogens with zero attached hydrogens (tertiary/aromatic N) is 1. The van der Waals surface area contributed by atoms with Crippen molar-refractivity contribution in [2.75, 3.05) is 10.2 Å². The Bertz CT molecular complexity index is 1380. The molecule has 0 saturated carbocycles. The molecule has 0 radical (unpaired) electrons. The van der Waals surface area contributed by atoms with E-state index in [0.717, 1.165) is 24.6 Å². The van der Waals surface area contributed by atoms with E-state index in [2.05, 4.69) is 5.32 Å². The number of halogens is 8. The van der Waals surface area contributed by atoms with E-state index in [-0.39, 0.29) is 35.5 Å². The molecule has 1 heterocycles. The molecule has 194 valence electrons. The number of carbonyl (C=O) groups is 2. The number of fused-ring (bicyclic) bond motifs is 1. The van der Waals surface area contributed by atoms with Gasteiger partial charge in [-0.3, -0.25) is 9.59 Å². The Balaban J connectivity index is 1.61. The third-order valence-electron chi connectivity index (χ3n) is 5.98. The lowest BCUT2D eigenvalue weighted by molar-refractivity contribution is -0.348. The number of hydrogen-bond donors (Lipinski definition) is 1. The summed E-state index contributed by atoms with van der Waals surface area (Å²) in [5.74, 6) is -2.45. The van der Waals surface area contributed by atoms with Gasteiger partial charge in [0.2, 0.25) is 0 Å². The molecule has 0 aliphatic carbocycles. The summed E-state index contributed by atoms with van der Waals surface area (Å²) in [5.41, 5.74) is -7.13. The average Bonchev–Trinajstić information content (AvgIpc) is 3.15. The summed E-state index contributed by atoms with van der Waals surface area (Å²) in [6.45, 7) is 1.23. The van der Waals surface area contributed by atoms with Gasteiger partial charge in [0.05, 0.1) is 12.1 Å². The number of alkyl halides is 7. The van der Waals surface area contributed by atoms with E-state index in [1.165, 1.54) is 11.0 Å². The Kier molecular flexibility index (Phi) is 6.25. The molecule has 0 aromatic heterocycles. The molecule has 1 N–H and O–H groups in total. The molecule has 0 spiro atoms. The predicted octanol–water partition coefficient (Wildman–Crippen LogP) is 6.84. The fourth-order valence-corrected chi connectivity index (χ4v) is 4.01. The molecular formula is C25H16F8N2O2. The van der Waals surface area contributed by atoms with Crippen LogP contribution in [-0.4, -0.2) is 24.2 Å². The summed E-state index contributed by atoms with van der Waals surface area (Å²) in [4.78, 5) is 26.8. The first-order valence-electron chi connectivity index (χ1n) is 10.6. The van der Waals surface area contributed by atoms with Crippen LogP contribution in [0.5, 0.6) is 0 Å². The fraction of sp³-hybridized carbons (Fsp3) is 0.200. The van der Waals surface area contributed by atoms with Gasteiger partial charge in [-0.25, -0.2) is 8.78 Å². The summed E-state index contributed by atoms with van der Waals surface area (Å²) >= 11 is 0. The summed E-state index contributed by atoms with van der Waals surface area (Å²) in [5, 5.41) is 2.20. The zero-order chi connectivity index (χ0) is 27.3. The normalized spacial score (nSPS) is 14.1. The molecule has 3 aromatic rings. The number of nitrogens with one attached hydrogen (secondary N) is 1. The Morgan fingerprint density at radius 1 is 0.892 bits per heavy atom. The summed E-state index contributed by atoms with van der Waals surface area (Å²) in [7, 11) is 0. The van der Waals surface area contributed by atoms with Crippen molar-refractivity contribution in [1.29, 1.82) is 0 Å². The van der Waals surface area contributed by atoms with Gasteiger partial charge in [-0.2, -0.15) is 26.3 Å². The molecule has 1 aliphatic heterocycles. The summed E-state index contributed by atoms with van der Waals surface area (Å²) < 4.78 is 107. The van der Waals surface area contributed by atoms with E-state index in [1.807, 2.05) is 0 Å². The third kappa shape index (κ3) is 4.40. The van der Waals surface area contributed by atoms with E-state index in [1.54, 1.807) is 24.3 Å². The molecule has 0 fully saturated rings. The molecule has 0 bridgehead atoms. The van der Waals surface area contributed by atoms with E-state index in [0.29, 0.717) is 17.7 Å². The molecule has 4 rings (SSSR count). The maximum Gasteiger partial charge on any atom is 0.435 e. The standard InChI is InChI=1S/C25H16F8N2O2/c1-13-10-15(23(27,24(28,29)30)25(31,32)33)6-9-20(13)34-21(36)18-11-16(7-8-19(18)26)35-12-14-4-2-3-5-17(14)22(35)37/h2-11H,12H2,1H3,(H,34,36). The maximum absolute atomic E-state index is 14.5. The van der Waals surface area contributed by atoms with Gasteiger partial charge in [-0.15, -0.1) is 0 Å². The van der Waals surface area contributed by atoms with Gasteiger partial charge in [0.1, 0.15) is 5.82 Å². The van der Waals surface area contributed by atoms with Crippen molar-refractivity contribution in [3.05, 3.63) is 94.3 Å². The van der Waals surface area contributed by atoms with E-state index < -0.39 is 40.9 Å². The number of amides is 2. The van der Waals surface area contributed by atoms with E-state index in [4.69, 9.17) is 0 Å². The van der Waals surface area contributed by atoms with Crippen LogP contribution in [-0.2, 0) is 12.2 Å². The minimum atomic E-state index is -6.29. The molecule has 0 atom stereocenters. The topological polar surface area (TPSA) is 49.4 Å². The van der Waals surface area contributed by atoms with Gasteiger partial charge in [0.15, 0.2) is 0 Å². The first-order valence-corrected chi connectivity index (χ1v) is 10.6. The monoisotopic (exact) mass is 528 g/mol. The second kappa shape index (κ2) is 8.86. The summed E-state index contributed by atoms with van der Waals surface area (Å²) in [6.07, 6.45) is -12.6. The highest BCUT2D eigenvalue weighted by Crippen LogP contribution is 2.53. The first-order chi connectivity index (χ1) is 17.1. The molecule has 3 aromatic carbocycles. The quantitative estimate of drug-likeness (QED) is 0.377. The molecule has 2 amide bonds. The Labute approximate surface area is 204 Å². The first kappa shape index (κ1) is 26.1. The molecule has 37 heavy (non-hydrogen) atoms. The van der Waals surface area contributed by atoms with Crippen LogP contribution in [0, 0.1) is 12.7 Å². The SMILES string of the molecule is Cc1cc(C(F)(C(F)(F)F)C(F)(F)F)ccc1NC(=O)c1cc(N2Cc3ccccc3C2=O)ccc1F. The van der Waals surface area contributed by atoms with Gasteiger partial charge in [0.25, 0.3) is 11.8 Å². The van der Waals surface area contributed by atoms with Gasteiger partial charge in [0, 0.05) is 22.5 Å². The lowest BCUT2D eigenvalue weighted by Crippen LogP contribution is -2.50. The lowest BCUT2D eigenvalue weighted by Gasteiger charge is -2.30. The van der Waals surface area contributed by atoms with Crippen LogP contribution in [0.3, 0.4) is 0 Å². The highest BCUT2D eigenvalue weighted by Gasteiger charge is 2.73. The fourth-order valence-electron chi connectivity index (χ4n) is 4.01. The average molecular weight is 528 g/mol. The Hall–Kier alpha value is -3.96. The van der Waals surface area contributed by atoms with Crippen molar-refractivity contribution in [2.24, 2.45) is 0 Å². The lowest BCUT2D eigenvalue weighted by atomic mass is 9.92. The molecule has 0 saturated heterocycles. The number of carbonyl (C=O) groups excluding carboxylic acids is 2. The molecular weight excluding hydrogens is 512 g/mol. The van der Waals surface area contributed by atoms with Crippen molar-refractivity contribution >= 4 is 23.2 Å². The van der Waals surface area contributed by atoms with Crippen LogP contribution in [0.1, 0.15) is 37.4 Å². The van der Waals surface area contributed by atoms with Gasteiger partial charge in [-0.1, -0.05) is 30.3 Å². The smallest absolute Gasteiger partial charge is 0.322 e. The van der Waals surface area contributed by atoms with Gasteiger partial charge < -0.3 is 10.2 Å². The van der Waals surface area contributed by atoms with Crippen LogP contribution in [0.25, 0.3) is 0 Å². The maximum atomic E-state index is 14.5. The van der Waals surface area contributed by atoms with Gasteiger partial charge >= 0.3 is 18.0 Å². The van der Waals surface area contributed by atoms with Crippen LogP contribution >= 0.6 is 0 Å². The van der Waals surface area contributed by atoms with Gasteiger partial charge in [-0.05, 0) is 48.4 Å². The van der Waals surface area contributed by atoms with Crippen molar-refractivity contribution in [3.8, 4) is 0 Å². The van der Waals surface area contributed by atoms with Crippen molar-refractivity contribution in [1.82, 2.24) is 0 Å². The zero-order valence-electron chi connectivity index (χ0n) is 18.8. The molecule has 4 nitrogen and oxygen atoms in total. The highest BCUT2D eigenvalue weighted by molar-refractivity contribution is 6.11. The van der Waals surface area contributed by atoms with Crippen LogP contribution in [0.15, 0.2) is 60.7 Å². The minimum absolute atomic E-state index is 0.172. The number of aryl methyl sites for hydroxylation is 1. The van der Waals surface area contributed by atoms with Crippen molar-refractivity contribution in [2.45, 2.75) is 31.5 Å². The second-order valence-electron chi connectivity index (χ2n) is 8.35. The Morgan fingerprint density at radius 2 is 1.54 bits per heavy atom. The number of rotatable bonds is 4. The Morgan fingerprint density at radius 3 is 2.14 bits per heavy atom. The third-order valence-corrected chi connectivity index (χ3v) is 5.98. The van der Waals surface area contributed by atoms with Crippen LogP contribution < -0.4 is 10.2 Å². The van der Waals surface area contributed by atoms with Crippen molar-refractivity contribution in [3.63, 3.8) is 0 Å². The predicted molar refractivity (Wildman–Crippen MR) is 117 cm³/mol. The van der Waals surface area contributed by atoms with Crippen LogP contribution in [0.4, 0.5) is 46.5 Å². The van der Waals surface area contributed by atoms with E-state index >= 15 is 0 Å². The molecule has 0 unspecified atom stereocenters. The zero-order valence-corrected chi connectivity index (χ0v) is 18.8. The van der Waals surface area contributed by atoms with E-state index in [9.17, 15) is 44.7 Å². The van der Waals surface area contributed by atoms with Crippen LogP contribution in [0.2, 0.25) is 0 Å². The molecule has 12 heteroatoms. The number of anilines is 2. The minimum Gasteiger partial charge on any atom is -0.322 e. The molecule has 1 aliphatic rings. The second-order valence-corrected chi connectivity index (χ2v) is 8.35. The summed E-state index contributed by atoms with van der Waals surface area (Å²) in [6, 6.07) is 11.3. The van der Waals surface area contributed by atoms with Crippen molar-refractivity contribution < 1.29 is 44.7 Å². The number of hydrogen-bond acceptors (Lipinski definition) is 2.